The van der Waals surface area contributed by atoms with E-state index >= 15 is 0 Å². The summed E-state index contributed by atoms with van der Waals surface area (Å²) in [5.74, 6) is 0.00373. The van der Waals surface area contributed by atoms with Crippen molar-refractivity contribution in [2.45, 2.75) is 13.5 Å². The summed E-state index contributed by atoms with van der Waals surface area (Å²) in [4.78, 5) is 39.0. The molecule has 0 bridgehead atoms. The summed E-state index contributed by atoms with van der Waals surface area (Å²) >= 11 is 0. The SMILES string of the molecule is COc1cccc(NC2=C(c3ccc(NC(C)=O)cc3)C(=O)N(Cc3ccco3)C2=O)c1. The van der Waals surface area contributed by atoms with E-state index in [-0.39, 0.29) is 23.7 Å². The van der Waals surface area contributed by atoms with Crippen molar-refractivity contribution >= 4 is 34.7 Å². The van der Waals surface area contributed by atoms with E-state index in [2.05, 4.69) is 10.6 Å². The van der Waals surface area contributed by atoms with Crippen LogP contribution in [0.3, 0.4) is 0 Å². The number of anilines is 2. The lowest BCUT2D eigenvalue weighted by Crippen LogP contribution is -2.31. The summed E-state index contributed by atoms with van der Waals surface area (Å²) in [5.41, 5.74) is 2.13. The molecule has 3 amide bonds. The maximum atomic E-state index is 13.3. The normalized spacial score (nSPS) is 13.5. The third-order valence-corrected chi connectivity index (χ3v) is 4.90. The Labute approximate surface area is 184 Å². The predicted octanol–water partition coefficient (Wildman–Crippen LogP) is 3.64. The molecule has 2 heterocycles. The van der Waals surface area contributed by atoms with Crippen LogP contribution in [0, 0.1) is 0 Å². The van der Waals surface area contributed by atoms with Gasteiger partial charge in [-0.05, 0) is 42.0 Å². The predicted molar refractivity (Wildman–Crippen MR) is 119 cm³/mol. The molecule has 32 heavy (non-hydrogen) atoms. The van der Waals surface area contributed by atoms with Gasteiger partial charge in [0.15, 0.2) is 0 Å². The minimum Gasteiger partial charge on any atom is -0.497 e. The highest BCUT2D eigenvalue weighted by Gasteiger charge is 2.39. The summed E-state index contributed by atoms with van der Waals surface area (Å²) < 4.78 is 10.6. The Bertz CT molecular complexity index is 1200. The lowest BCUT2D eigenvalue weighted by molar-refractivity contribution is -0.137. The van der Waals surface area contributed by atoms with Gasteiger partial charge in [-0.1, -0.05) is 18.2 Å². The van der Waals surface area contributed by atoms with Gasteiger partial charge < -0.3 is 19.8 Å². The number of furan rings is 1. The van der Waals surface area contributed by atoms with Gasteiger partial charge in [-0.25, -0.2) is 0 Å². The van der Waals surface area contributed by atoms with Crippen molar-refractivity contribution in [3.63, 3.8) is 0 Å². The van der Waals surface area contributed by atoms with Crippen LogP contribution in [0.25, 0.3) is 5.57 Å². The molecule has 4 rings (SSSR count). The van der Waals surface area contributed by atoms with Crippen LogP contribution in [0.2, 0.25) is 0 Å². The molecule has 0 saturated carbocycles. The van der Waals surface area contributed by atoms with Crippen LogP contribution >= 0.6 is 0 Å². The van der Waals surface area contributed by atoms with Crippen LogP contribution in [0.5, 0.6) is 5.75 Å². The number of hydrogen-bond acceptors (Lipinski definition) is 6. The standard InChI is InChI=1S/C24H21N3O5/c1-15(28)25-17-10-8-16(9-11-17)21-22(26-18-5-3-6-19(13-18)31-2)24(30)27(23(21)29)14-20-7-4-12-32-20/h3-13,26H,14H2,1-2H3,(H,25,28). The van der Waals surface area contributed by atoms with Crippen molar-refractivity contribution in [2.75, 3.05) is 17.7 Å². The lowest BCUT2D eigenvalue weighted by Gasteiger charge is -2.14. The molecule has 0 spiro atoms. The summed E-state index contributed by atoms with van der Waals surface area (Å²) in [6.07, 6.45) is 1.49. The first-order valence-corrected chi connectivity index (χ1v) is 9.88. The topological polar surface area (TPSA) is 101 Å². The Kier molecular flexibility index (Phi) is 5.76. The second-order valence-corrected chi connectivity index (χ2v) is 7.14. The van der Waals surface area contributed by atoms with Gasteiger partial charge in [0.25, 0.3) is 11.8 Å². The number of nitrogens with one attached hydrogen (secondary N) is 2. The number of rotatable bonds is 7. The van der Waals surface area contributed by atoms with E-state index in [1.807, 2.05) is 0 Å². The van der Waals surface area contributed by atoms with Gasteiger partial charge in [-0.2, -0.15) is 0 Å². The van der Waals surface area contributed by atoms with Crippen LogP contribution in [0.4, 0.5) is 11.4 Å². The molecule has 0 radical (unpaired) electrons. The summed E-state index contributed by atoms with van der Waals surface area (Å²) in [7, 11) is 1.55. The molecule has 0 fully saturated rings. The minimum atomic E-state index is -0.463. The molecule has 1 aromatic heterocycles. The van der Waals surface area contributed by atoms with Crippen molar-refractivity contribution < 1.29 is 23.5 Å². The van der Waals surface area contributed by atoms with E-state index < -0.39 is 11.8 Å². The summed E-state index contributed by atoms with van der Waals surface area (Å²) in [5, 5.41) is 5.77. The van der Waals surface area contributed by atoms with Crippen molar-refractivity contribution in [1.29, 1.82) is 0 Å². The second-order valence-electron chi connectivity index (χ2n) is 7.14. The Balaban J connectivity index is 1.72. The third-order valence-electron chi connectivity index (χ3n) is 4.90. The molecule has 2 N–H and O–H groups in total. The number of imide groups is 1. The molecule has 8 nitrogen and oxygen atoms in total. The van der Waals surface area contributed by atoms with Crippen LogP contribution in [-0.2, 0) is 20.9 Å². The maximum Gasteiger partial charge on any atom is 0.278 e. The van der Waals surface area contributed by atoms with Crippen LogP contribution < -0.4 is 15.4 Å². The van der Waals surface area contributed by atoms with Crippen molar-refractivity contribution in [1.82, 2.24) is 4.90 Å². The molecule has 0 atom stereocenters. The lowest BCUT2D eigenvalue weighted by atomic mass is 10.0. The molecule has 162 valence electrons. The number of methoxy groups -OCH3 is 1. The van der Waals surface area contributed by atoms with Crippen molar-refractivity contribution in [3.8, 4) is 5.75 Å². The Morgan fingerprint density at radius 2 is 1.78 bits per heavy atom. The smallest absolute Gasteiger partial charge is 0.278 e. The molecule has 3 aromatic rings. The highest BCUT2D eigenvalue weighted by atomic mass is 16.5. The molecule has 0 unspecified atom stereocenters. The van der Waals surface area contributed by atoms with Crippen molar-refractivity contribution in [3.05, 3.63) is 83.9 Å². The number of amides is 3. The van der Waals surface area contributed by atoms with Gasteiger partial charge >= 0.3 is 0 Å². The molecule has 0 saturated heterocycles. The number of hydrogen-bond donors (Lipinski definition) is 2. The first-order chi connectivity index (χ1) is 15.5. The fourth-order valence-electron chi connectivity index (χ4n) is 3.43. The van der Waals surface area contributed by atoms with Crippen LogP contribution in [0.15, 0.2) is 77.0 Å². The van der Waals surface area contributed by atoms with Gasteiger partial charge in [0.1, 0.15) is 17.2 Å². The molecule has 8 heteroatoms. The fourth-order valence-corrected chi connectivity index (χ4v) is 3.43. The molecule has 0 aliphatic carbocycles. The highest BCUT2D eigenvalue weighted by Crippen LogP contribution is 2.32. The highest BCUT2D eigenvalue weighted by molar-refractivity contribution is 6.36. The number of carbonyl (C=O) groups is 3. The van der Waals surface area contributed by atoms with Gasteiger partial charge in [-0.3, -0.25) is 19.3 Å². The van der Waals surface area contributed by atoms with Gasteiger partial charge in [0.2, 0.25) is 5.91 Å². The first-order valence-electron chi connectivity index (χ1n) is 9.88. The number of ether oxygens (including phenoxy) is 1. The van der Waals surface area contributed by atoms with E-state index in [0.717, 1.165) is 4.90 Å². The average molecular weight is 431 g/mol. The zero-order valence-electron chi connectivity index (χ0n) is 17.5. The zero-order valence-corrected chi connectivity index (χ0v) is 17.5. The summed E-state index contributed by atoms with van der Waals surface area (Å²) in [6, 6.07) is 17.2. The zero-order chi connectivity index (χ0) is 22.7. The molecule has 1 aliphatic heterocycles. The number of carbonyl (C=O) groups excluding carboxylic acids is 3. The Hall–Kier alpha value is -4.33. The molecular weight excluding hydrogens is 410 g/mol. The maximum absolute atomic E-state index is 13.3. The van der Waals surface area contributed by atoms with Crippen LogP contribution in [0.1, 0.15) is 18.2 Å². The van der Waals surface area contributed by atoms with Gasteiger partial charge in [0, 0.05) is 24.4 Å². The number of benzene rings is 2. The Morgan fingerprint density at radius 3 is 2.44 bits per heavy atom. The fraction of sp³-hybridized carbons (Fsp3) is 0.125. The second kappa shape index (κ2) is 8.81. The average Bonchev–Trinajstić information content (AvgIpc) is 3.37. The van der Waals surface area contributed by atoms with E-state index in [1.54, 1.807) is 67.8 Å². The van der Waals surface area contributed by atoms with Gasteiger partial charge in [-0.15, -0.1) is 0 Å². The van der Waals surface area contributed by atoms with Crippen molar-refractivity contribution in [2.24, 2.45) is 0 Å². The third kappa shape index (κ3) is 4.24. The van der Waals surface area contributed by atoms with E-state index in [1.165, 1.54) is 13.2 Å². The Morgan fingerprint density at radius 1 is 1.00 bits per heavy atom. The van der Waals surface area contributed by atoms with E-state index in [0.29, 0.717) is 28.4 Å². The van der Waals surface area contributed by atoms with E-state index in [9.17, 15) is 14.4 Å². The monoisotopic (exact) mass is 431 g/mol. The minimum absolute atomic E-state index is 0.0153. The van der Waals surface area contributed by atoms with Crippen LogP contribution in [-0.4, -0.2) is 29.7 Å². The molecule has 2 aromatic carbocycles. The van der Waals surface area contributed by atoms with Gasteiger partial charge in [0.05, 0.1) is 25.5 Å². The quantitative estimate of drug-likeness (QED) is 0.554. The largest absolute Gasteiger partial charge is 0.497 e. The molecular formula is C24H21N3O5. The number of nitrogens with zero attached hydrogens (tertiary/aromatic N) is 1. The summed E-state index contributed by atoms with van der Waals surface area (Å²) in [6.45, 7) is 1.43. The molecule has 1 aliphatic rings. The van der Waals surface area contributed by atoms with E-state index in [4.69, 9.17) is 9.15 Å². The first kappa shape index (κ1) is 20.9.